The van der Waals surface area contributed by atoms with Crippen LogP contribution in [0.25, 0.3) is 0 Å². The maximum Gasteiger partial charge on any atom is 0.252 e. The van der Waals surface area contributed by atoms with Gasteiger partial charge in [-0.2, -0.15) is 4.99 Å². The summed E-state index contributed by atoms with van der Waals surface area (Å²) in [6.45, 7) is 0. The average molecular weight is 515 g/mol. The lowest BCUT2D eigenvalue weighted by Crippen LogP contribution is -2.38. The molecule has 2 fully saturated rings. The van der Waals surface area contributed by atoms with Gasteiger partial charge in [0.05, 0.1) is 48.9 Å². The summed E-state index contributed by atoms with van der Waals surface area (Å²) < 4.78 is 35.0. The summed E-state index contributed by atoms with van der Waals surface area (Å²) in [5, 5.41) is 1.04. The van der Waals surface area contributed by atoms with Crippen molar-refractivity contribution in [2.45, 2.75) is 17.7 Å². The zero-order chi connectivity index (χ0) is 23.0. The van der Waals surface area contributed by atoms with Crippen molar-refractivity contribution in [3.05, 3.63) is 52.0 Å². The Kier molecular flexibility index (Phi) is 6.63. The summed E-state index contributed by atoms with van der Waals surface area (Å²) in [7, 11) is -0.111. The molecule has 2 heterocycles. The lowest BCUT2D eigenvalue weighted by molar-refractivity contribution is -0.117. The predicted molar refractivity (Wildman–Crippen MR) is 128 cm³/mol. The molecular weight excluding hydrogens is 495 g/mol. The van der Waals surface area contributed by atoms with Gasteiger partial charge in [0.25, 0.3) is 5.91 Å². The van der Waals surface area contributed by atoms with Crippen molar-refractivity contribution < 1.29 is 22.7 Å². The second-order valence-corrected chi connectivity index (χ2v) is 11.6. The van der Waals surface area contributed by atoms with Crippen LogP contribution in [0.15, 0.2) is 41.4 Å². The van der Waals surface area contributed by atoms with Crippen molar-refractivity contribution >= 4 is 61.6 Å². The summed E-state index contributed by atoms with van der Waals surface area (Å²) in [5.74, 6) is 0.742. The van der Waals surface area contributed by atoms with Crippen molar-refractivity contribution in [1.29, 1.82) is 0 Å². The van der Waals surface area contributed by atoms with Crippen LogP contribution in [0.4, 0.5) is 5.69 Å². The topological polar surface area (TPSA) is 85.3 Å². The Balaban J connectivity index is 1.64. The van der Waals surface area contributed by atoms with Gasteiger partial charge in [-0.1, -0.05) is 41.0 Å². The van der Waals surface area contributed by atoms with Gasteiger partial charge in [-0.25, -0.2) is 8.42 Å². The molecule has 2 saturated heterocycles. The van der Waals surface area contributed by atoms with Gasteiger partial charge in [-0.05, 0) is 35.9 Å². The van der Waals surface area contributed by atoms with Crippen LogP contribution >= 0.6 is 35.0 Å². The molecule has 0 unspecified atom stereocenters. The molecule has 0 saturated carbocycles. The van der Waals surface area contributed by atoms with Crippen LogP contribution in [-0.4, -0.2) is 56.5 Å². The third-order valence-corrected chi connectivity index (χ3v) is 9.01. The van der Waals surface area contributed by atoms with E-state index in [9.17, 15) is 13.2 Å². The molecule has 170 valence electrons. The second kappa shape index (κ2) is 9.13. The third kappa shape index (κ3) is 4.71. The van der Waals surface area contributed by atoms with Gasteiger partial charge in [0.2, 0.25) is 0 Å². The minimum absolute atomic E-state index is 0.0213. The molecule has 0 spiro atoms. The van der Waals surface area contributed by atoms with E-state index in [4.69, 9.17) is 32.7 Å². The first kappa shape index (κ1) is 23.2. The lowest BCUT2D eigenvalue weighted by Gasteiger charge is -2.25. The van der Waals surface area contributed by atoms with Gasteiger partial charge in [-0.15, -0.1) is 0 Å². The van der Waals surface area contributed by atoms with Gasteiger partial charge >= 0.3 is 0 Å². The fraction of sp³-hybridized carbons (Fsp3) is 0.333. The number of aliphatic imine (C=N–C) groups is 1. The summed E-state index contributed by atoms with van der Waals surface area (Å²) >= 11 is 13.7. The number of carbonyl (C=O) groups is 1. The van der Waals surface area contributed by atoms with Gasteiger partial charge in [-0.3, -0.25) is 4.79 Å². The zero-order valence-corrected chi connectivity index (χ0v) is 20.4. The molecule has 0 radical (unpaired) electrons. The molecule has 7 nitrogen and oxygen atoms in total. The number of ether oxygens (including phenoxy) is 2. The Bertz CT molecular complexity index is 1200. The number of benzene rings is 2. The fourth-order valence-electron chi connectivity index (χ4n) is 3.83. The van der Waals surface area contributed by atoms with Gasteiger partial charge in [0.15, 0.2) is 26.5 Å². The van der Waals surface area contributed by atoms with Crippen LogP contribution in [0, 0.1) is 0 Å². The Morgan fingerprint density at radius 2 is 1.88 bits per heavy atom. The highest BCUT2D eigenvalue weighted by atomic mass is 35.5. The molecule has 2 aliphatic heterocycles. The normalized spacial score (nSPS) is 22.8. The van der Waals surface area contributed by atoms with E-state index in [2.05, 4.69) is 4.99 Å². The van der Waals surface area contributed by atoms with Gasteiger partial charge in [0, 0.05) is 10.3 Å². The Morgan fingerprint density at radius 1 is 1.12 bits per heavy atom. The number of hydrogen-bond acceptors (Lipinski definition) is 6. The van der Waals surface area contributed by atoms with E-state index < -0.39 is 9.84 Å². The minimum atomic E-state index is -3.18. The Hall–Kier alpha value is -1.94. The maximum absolute atomic E-state index is 12.8. The predicted octanol–water partition coefficient (Wildman–Crippen LogP) is 3.85. The van der Waals surface area contributed by atoms with E-state index in [-0.39, 0.29) is 35.1 Å². The van der Waals surface area contributed by atoms with E-state index in [1.807, 2.05) is 0 Å². The van der Waals surface area contributed by atoms with E-state index in [0.29, 0.717) is 32.4 Å². The number of rotatable bonds is 5. The molecule has 1 amide bonds. The number of sulfone groups is 1. The average Bonchev–Trinajstić information content (AvgIpc) is 3.19. The van der Waals surface area contributed by atoms with Crippen molar-refractivity contribution in [1.82, 2.24) is 0 Å². The van der Waals surface area contributed by atoms with Crippen LogP contribution in [0.2, 0.25) is 10.0 Å². The summed E-state index contributed by atoms with van der Waals surface area (Å²) in [5.41, 5.74) is 1.30. The number of thioether (sulfide) groups is 1. The molecule has 0 aromatic heterocycles. The van der Waals surface area contributed by atoms with Crippen LogP contribution < -0.4 is 14.4 Å². The molecule has 2 aromatic rings. The first-order chi connectivity index (χ1) is 15.2. The highest BCUT2D eigenvalue weighted by Gasteiger charge is 2.49. The number of amides is 1. The molecule has 32 heavy (non-hydrogen) atoms. The third-order valence-electron chi connectivity index (χ3n) is 5.26. The van der Waals surface area contributed by atoms with Gasteiger partial charge in [0.1, 0.15) is 0 Å². The zero-order valence-electron chi connectivity index (χ0n) is 17.2. The molecule has 0 N–H and O–H groups in total. The van der Waals surface area contributed by atoms with Crippen molar-refractivity contribution in [2.24, 2.45) is 4.99 Å². The molecule has 2 atom stereocenters. The number of hydrogen-bond donors (Lipinski definition) is 0. The number of fused-ring (bicyclic) bond motifs is 1. The largest absolute Gasteiger partial charge is 0.493 e. The molecule has 11 heteroatoms. The standard InChI is InChI=1S/C21H20Cl2N2O5S2/c1-29-17-6-3-12(7-18(17)30-2)8-20(26)24-21-25(15-5-4-13(22)9-14(15)23)16-10-32(27,28)11-19(16)31-21/h3-7,9,16,19H,8,10-11H2,1-2H3/t16-,19+/m1/s1. The number of halogens is 2. The van der Waals surface area contributed by atoms with E-state index in [1.54, 1.807) is 48.4 Å². The van der Waals surface area contributed by atoms with Crippen molar-refractivity contribution in [3.8, 4) is 11.5 Å². The Morgan fingerprint density at radius 3 is 2.56 bits per heavy atom. The second-order valence-electron chi connectivity index (χ2n) is 7.42. The van der Waals surface area contributed by atoms with Crippen LogP contribution in [0.1, 0.15) is 5.56 Å². The summed E-state index contributed by atoms with van der Waals surface area (Å²) in [6.07, 6.45) is 0.0558. The maximum atomic E-state index is 12.8. The number of anilines is 1. The molecule has 4 rings (SSSR count). The number of methoxy groups -OCH3 is 2. The SMILES string of the molecule is COc1ccc(CC(=O)N=C2S[C@H]3CS(=O)(=O)C[C@H]3N2c2ccc(Cl)cc2Cl)cc1OC. The van der Waals surface area contributed by atoms with E-state index >= 15 is 0 Å². The van der Waals surface area contributed by atoms with Crippen molar-refractivity contribution in [2.75, 3.05) is 30.6 Å². The highest BCUT2D eigenvalue weighted by Crippen LogP contribution is 2.43. The quantitative estimate of drug-likeness (QED) is 0.598. The minimum Gasteiger partial charge on any atom is -0.493 e. The first-order valence-electron chi connectivity index (χ1n) is 9.64. The van der Waals surface area contributed by atoms with Crippen LogP contribution in [-0.2, 0) is 21.1 Å². The molecular formula is C21H20Cl2N2O5S2. The molecule has 2 aromatic carbocycles. The molecule has 0 aliphatic carbocycles. The Labute approximate surface area is 200 Å². The fourth-order valence-corrected chi connectivity index (χ4v) is 8.26. The summed E-state index contributed by atoms with van der Waals surface area (Å²) in [4.78, 5) is 18.9. The number of nitrogens with zero attached hydrogens (tertiary/aromatic N) is 2. The molecule has 0 bridgehead atoms. The summed E-state index contributed by atoms with van der Waals surface area (Å²) in [6, 6.07) is 9.86. The highest BCUT2D eigenvalue weighted by molar-refractivity contribution is 8.16. The van der Waals surface area contributed by atoms with Crippen LogP contribution in [0.3, 0.4) is 0 Å². The number of amidine groups is 1. The molecule has 2 aliphatic rings. The lowest BCUT2D eigenvalue weighted by atomic mass is 10.1. The van der Waals surface area contributed by atoms with Gasteiger partial charge < -0.3 is 14.4 Å². The van der Waals surface area contributed by atoms with Crippen molar-refractivity contribution in [3.63, 3.8) is 0 Å². The monoisotopic (exact) mass is 514 g/mol. The van der Waals surface area contributed by atoms with E-state index in [1.165, 1.54) is 18.9 Å². The smallest absolute Gasteiger partial charge is 0.252 e. The van der Waals surface area contributed by atoms with E-state index in [0.717, 1.165) is 5.56 Å². The first-order valence-corrected chi connectivity index (χ1v) is 13.1. The number of carbonyl (C=O) groups excluding carboxylic acids is 1. The van der Waals surface area contributed by atoms with Crippen LogP contribution in [0.5, 0.6) is 11.5 Å².